The van der Waals surface area contributed by atoms with Gasteiger partial charge in [0.15, 0.2) is 5.82 Å². The van der Waals surface area contributed by atoms with Crippen molar-refractivity contribution in [3.63, 3.8) is 0 Å². The summed E-state index contributed by atoms with van der Waals surface area (Å²) in [6.45, 7) is 4.93. The summed E-state index contributed by atoms with van der Waals surface area (Å²) in [7, 11) is 0. The van der Waals surface area contributed by atoms with Crippen LogP contribution < -0.4 is 0 Å². The molecule has 1 aliphatic heterocycles. The number of aryl methyl sites for hydroxylation is 2. The average Bonchev–Trinajstić information content (AvgIpc) is 2.67. The number of amides is 1. The molecule has 0 aromatic carbocycles. The Morgan fingerprint density at radius 2 is 2.26 bits per heavy atom. The third-order valence-corrected chi connectivity index (χ3v) is 3.54. The van der Waals surface area contributed by atoms with Crippen molar-refractivity contribution in [3.05, 3.63) is 11.7 Å². The van der Waals surface area contributed by atoms with E-state index in [0.29, 0.717) is 37.5 Å². The van der Waals surface area contributed by atoms with Crippen LogP contribution in [0.5, 0.6) is 0 Å². The number of hydrogen-bond donors (Lipinski definition) is 1. The lowest BCUT2D eigenvalue weighted by molar-refractivity contribution is -0.131. The van der Waals surface area contributed by atoms with Gasteiger partial charge in [-0.15, -0.1) is 0 Å². The van der Waals surface area contributed by atoms with Crippen LogP contribution in [0.3, 0.4) is 0 Å². The van der Waals surface area contributed by atoms with Gasteiger partial charge in [0.2, 0.25) is 11.8 Å². The Kier molecular flexibility index (Phi) is 4.19. The fourth-order valence-electron chi connectivity index (χ4n) is 2.33. The molecule has 1 atom stereocenters. The number of likely N-dealkylation sites (tertiary alicyclic amines) is 1. The summed E-state index contributed by atoms with van der Waals surface area (Å²) in [4.78, 5) is 18.0. The predicted molar refractivity (Wildman–Crippen MR) is 68.4 cm³/mol. The molecule has 1 aliphatic rings. The van der Waals surface area contributed by atoms with Crippen LogP contribution in [0.15, 0.2) is 4.52 Å². The van der Waals surface area contributed by atoms with Crippen LogP contribution in [0.25, 0.3) is 0 Å². The van der Waals surface area contributed by atoms with E-state index < -0.39 is 5.60 Å². The number of nitrogens with zero attached hydrogens (tertiary/aromatic N) is 3. The number of aromatic nitrogens is 2. The van der Waals surface area contributed by atoms with E-state index >= 15 is 0 Å². The average molecular weight is 267 g/mol. The first kappa shape index (κ1) is 14.0. The second-order valence-corrected chi connectivity index (χ2v) is 5.47. The first-order valence-corrected chi connectivity index (χ1v) is 6.76. The van der Waals surface area contributed by atoms with Gasteiger partial charge < -0.3 is 14.5 Å². The molecule has 106 valence electrons. The third kappa shape index (κ3) is 4.02. The largest absolute Gasteiger partial charge is 0.390 e. The highest BCUT2D eigenvalue weighted by atomic mass is 16.5. The Labute approximate surface area is 112 Å². The summed E-state index contributed by atoms with van der Waals surface area (Å²) >= 11 is 0. The smallest absolute Gasteiger partial charge is 0.227 e. The summed E-state index contributed by atoms with van der Waals surface area (Å²) in [6.07, 6.45) is 3.09. The van der Waals surface area contributed by atoms with E-state index in [1.165, 1.54) is 0 Å². The molecule has 1 saturated heterocycles. The van der Waals surface area contributed by atoms with Crippen molar-refractivity contribution < 1.29 is 14.4 Å². The molecule has 1 aromatic rings. The minimum absolute atomic E-state index is 0.0913. The molecule has 1 amide bonds. The SMILES string of the molecule is Cc1noc(CCC(=O)N2CCCC(C)(O)CC2)n1. The topological polar surface area (TPSA) is 79.5 Å². The second-order valence-electron chi connectivity index (χ2n) is 5.47. The molecule has 19 heavy (non-hydrogen) atoms. The Morgan fingerprint density at radius 1 is 1.47 bits per heavy atom. The van der Waals surface area contributed by atoms with E-state index in [9.17, 15) is 9.90 Å². The molecule has 0 bridgehead atoms. The fraction of sp³-hybridized carbons (Fsp3) is 0.769. The molecule has 6 heteroatoms. The van der Waals surface area contributed by atoms with E-state index in [2.05, 4.69) is 10.1 Å². The molecule has 0 radical (unpaired) electrons. The van der Waals surface area contributed by atoms with Crippen molar-refractivity contribution in [1.29, 1.82) is 0 Å². The molecule has 1 unspecified atom stereocenters. The quantitative estimate of drug-likeness (QED) is 0.886. The molecule has 2 heterocycles. The monoisotopic (exact) mass is 267 g/mol. The van der Waals surface area contributed by atoms with Gasteiger partial charge in [0, 0.05) is 25.9 Å². The van der Waals surface area contributed by atoms with Crippen molar-refractivity contribution in [2.24, 2.45) is 0 Å². The van der Waals surface area contributed by atoms with Gasteiger partial charge in [0.1, 0.15) is 0 Å². The van der Waals surface area contributed by atoms with E-state index in [1.54, 1.807) is 6.92 Å². The number of rotatable bonds is 3. The molecule has 0 spiro atoms. The zero-order chi connectivity index (χ0) is 13.9. The van der Waals surface area contributed by atoms with Crippen LogP contribution >= 0.6 is 0 Å². The summed E-state index contributed by atoms with van der Waals surface area (Å²) < 4.78 is 4.99. The van der Waals surface area contributed by atoms with Gasteiger partial charge in [-0.3, -0.25) is 4.79 Å². The van der Waals surface area contributed by atoms with Crippen LogP contribution in [0.4, 0.5) is 0 Å². The number of carbonyl (C=O) groups excluding carboxylic acids is 1. The molecule has 6 nitrogen and oxygen atoms in total. The maximum absolute atomic E-state index is 12.1. The van der Waals surface area contributed by atoms with Crippen LogP contribution in [0, 0.1) is 6.92 Å². The Hall–Kier alpha value is -1.43. The predicted octanol–water partition coefficient (Wildman–Crippen LogP) is 1.07. The standard InChI is InChI=1S/C13H21N3O3/c1-10-14-11(19-15-10)4-5-12(17)16-8-3-6-13(2,18)7-9-16/h18H,3-9H2,1-2H3. The zero-order valence-corrected chi connectivity index (χ0v) is 11.6. The van der Waals surface area contributed by atoms with E-state index in [4.69, 9.17) is 4.52 Å². The highest BCUT2D eigenvalue weighted by Gasteiger charge is 2.26. The normalized spacial score (nSPS) is 24.3. The van der Waals surface area contributed by atoms with Gasteiger partial charge in [-0.1, -0.05) is 5.16 Å². The molecule has 0 saturated carbocycles. The summed E-state index contributed by atoms with van der Waals surface area (Å²) in [5.74, 6) is 1.19. The van der Waals surface area contributed by atoms with Crippen LogP contribution in [0.2, 0.25) is 0 Å². The van der Waals surface area contributed by atoms with E-state index in [0.717, 1.165) is 19.4 Å². The van der Waals surface area contributed by atoms with E-state index in [1.807, 2.05) is 11.8 Å². The minimum atomic E-state index is -0.640. The summed E-state index contributed by atoms with van der Waals surface area (Å²) in [5, 5.41) is 13.7. The van der Waals surface area contributed by atoms with Crippen molar-refractivity contribution >= 4 is 5.91 Å². The van der Waals surface area contributed by atoms with Gasteiger partial charge in [-0.25, -0.2) is 0 Å². The van der Waals surface area contributed by atoms with Gasteiger partial charge in [-0.05, 0) is 33.1 Å². The van der Waals surface area contributed by atoms with Gasteiger partial charge in [0.05, 0.1) is 5.60 Å². The molecular formula is C13H21N3O3. The van der Waals surface area contributed by atoms with Crippen LogP contribution in [-0.2, 0) is 11.2 Å². The van der Waals surface area contributed by atoms with Crippen LogP contribution in [0.1, 0.15) is 44.3 Å². The van der Waals surface area contributed by atoms with Gasteiger partial charge >= 0.3 is 0 Å². The number of aliphatic hydroxyl groups is 1. The zero-order valence-electron chi connectivity index (χ0n) is 11.6. The molecule has 1 N–H and O–H groups in total. The highest BCUT2D eigenvalue weighted by Crippen LogP contribution is 2.21. The Bertz CT molecular complexity index is 442. The molecule has 2 rings (SSSR count). The summed E-state index contributed by atoms with van der Waals surface area (Å²) in [5.41, 5.74) is -0.640. The van der Waals surface area contributed by atoms with Crippen molar-refractivity contribution in [2.45, 2.75) is 51.6 Å². The van der Waals surface area contributed by atoms with Crippen molar-refractivity contribution in [2.75, 3.05) is 13.1 Å². The van der Waals surface area contributed by atoms with Gasteiger partial charge in [0.25, 0.3) is 0 Å². The van der Waals surface area contributed by atoms with Gasteiger partial charge in [-0.2, -0.15) is 4.98 Å². The first-order chi connectivity index (χ1) is 8.96. The maximum Gasteiger partial charge on any atom is 0.227 e. The number of hydrogen-bond acceptors (Lipinski definition) is 5. The Balaban J connectivity index is 1.83. The molecule has 0 aliphatic carbocycles. The third-order valence-electron chi connectivity index (χ3n) is 3.54. The summed E-state index contributed by atoms with van der Waals surface area (Å²) in [6, 6.07) is 0. The molecule has 1 aromatic heterocycles. The fourth-order valence-corrected chi connectivity index (χ4v) is 2.33. The lowest BCUT2D eigenvalue weighted by Crippen LogP contribution is -2.33. The molecule has 1 fully saturated rings. The lowest BCUT2D eigenvalue weighted by Gasteiger charge is -2.22. The number of carbonyl (C=O) groups is 1. The molecular weight excluding hydrogens is 246 g/mol. The second kappa shape index (κ2) is 5.69. The van der Waals surface area contributed by atoms with Crippen molar-refractivity contribution in [3.8, 4) is 0 Å². The lowest BCUT2D eigenvalue weighted by atomic mass is 9.98. The first-order valence-electron chi connectivity index (χ1n) is 6.76. The maximum atomic E-state index is 12.1. The van der Waals surface area contributed by atoms with E-state index in [-0.39, 0.29) is 5.91 Å². The highest BCUT2D eigenvalue weighted by molar-refractivity contribution is 5.76. The van der Waals surface area contributed by atoms with Crippen molar-refractivity contribution in [1.82, 2.24) is 15.0 Å². The Morgan fingerprint density at radius 3 is 2.95 bits per heavy atom. The minimum Gasteiger partial charge on any atom is -0.390 e. The van der Waals surface area contributed by atoms with Crippen LogP contribution in [-0.4, -0.2) is 44.7 Å².